The second-order valence-electron chi connectivity index (χ2n) is 8.25. The highest BCUT2D eigenvalue weighted by Gasteiger charge is 2.21. The predicted molar refractivity (Wildman–Crippen MR) is 128 cm³/mol. The molecule has 1 aliphatic rings. The third-order valence-corrected chi connectivity index (χ3v) is 5.93. The first-order valence-electron chi connectivity index (χ1n) is 11.3. The molecule has 3 aromatic carbocycles. The molecule has 6 heteroatoms. The van der Waals surface area contributed by atoms with Crippen LogP contribution in [0.5, 0.6) is 0 Å². The number of hydrogen-bond acceptors (Lipinski definition) is 3. The van der Waals surface area contributed by atoms with E-state index in [4.69, 9.17) is 0 Å². The fourth-order valence-corrected chi connectivity index (χ4v) is 4.02. The Bertz CT molecular complexity index is 1100. The van der Waals surface area contributed by atoms with Crippen LogP contribution in [0.15, 0.2) is 78.9 Å². The van der Waals surface area contributed by atoms with Gasteiger partial charge in [-0.05, 0) is 60.4 Å². The van der Waals surface area contributed by atoms with Gasteiger partial charge in [-0.15, -0.1) is 0 Å². The van der Waals surface area contributed by atoms with Gasteiger partial charge in [-0.1, -0.05) is 61.7 Å². The quantitative estimate of drug-likeness (QED) is 0.490. The van der Waals surface area contributed by atoms with E-state index in [1.165, 1.54) is 6.42 Å². The third-order valence-electron chi connectivity index (χ3n) is 5.93. The zero-order valence-corrected chi connectivity index (χ0v) is 18.3. The van der Waals surface area contributed by atoms with Crippen LogP contribution in [-0.2, 0) is 4.79 Å². The monoisotopic (exact) mass is 441 g/mol. The number of anilines is 1. The maximum atomic E-state index is 12.4. The lowest BCUT2D eigenvalue weighted by Crippen LogP contribution is -2.41. The first kappa shape index (κ1) is 22.3. The lowest BCUT2D eigenvalue weighted by atomic mass is 9.88. The molecule has 0 unspecified atom stereocenters. The number of carbonyl (C=O) groups is 3. The van der Waals surface area contributed by atoms with Crippen LogP contribution in [0.4, 0.5) is 5.69 Å². The van der Waals surface area contributed by atoms with Gasteiger partial charge in [-0.3, -0.25) is 25.2 Å². The van der Waals surface area contributed by atoms with E-state index >= 15 is 0 Å². The molecule has 1 fully saturated rings. The molecular formula is C27H27N3O3. The van der Waals surface area contributed by atoms with Crippen molar-refractivity contribution >= 4 is 23.4 Å². The van der Waals surface area contributed by atoms with Crippen molar-refractivity contribution < 1.29 is 14.4 Å². The van der Waals surface area contributed by atoms with Crippen molar-refractivity contribution in [3.05, 3.63) is 90.0 Å². The molecule has 0 aromatic heterocycles. The van der Waals surface area contributed by atoms with Gasteiger partial charge in [0.2, 0.25) is 5.91 Å². The fourth-order valence-electron chi connectivity index (χ4n) is 4.02. The van der Waals surface area contributed by atoms with Crippen molar-refractivity contribution in [3.8, 4) is 11.1 Å². The van der Waals surface area contributed by atoms with Crippen LogP contribution in [0.2, 0.25) is 0 Å². The van der Waals surface area contributed by atoms with Crippen molar-refractivity contribution in [2.45, 2.75) is 32.1 Å². The van der Waals surface area contributed by atoms with Gasteiger partial charge in [0, 0.05) is 22.7 Å². The third kappa shape index (κ3) is 5.86. The standard InChI is InChI=1S/C27H27N3O3/c31-25(21-9-5-2-6-10-21)28-24-17-15-23(16-18-24)27(33)30-29-26(32)22-13-11-20(12-14-22)19-7-3-1-4-8-19/h1,3-4,7-8,11-18,21H,2,5-6,9-10H2,(H,28,31)(H,29,32)(H,30,33). The molecule has 6 nitrogen and oxygen atoms in total. The summed E-state index contributed by atoms with van der Waals surface area (Å²) in [5, 5.41) is 2.93. The summed E-state index contributed by atoms with van der Waals surface area (Å²) in [6.45, 7) is 0. The normalized spacial score (nSPS) is 13.7. The number of nitrogens with one attached hydrogen (secondary N) is 3. The van der Waals surface area contributed by atoms with Crippen molar-refractivity contribution in [3.63, 3.8) is 0 Å². The number of rotatable bonds is 5. The number of hydrazine groups is 1. The van der Waals surface area contributed by atoms with Gasteiger partial charge in [-0.25, -0.2) is 0 Å². The van der Waals surface area contributed by atoms with Crippen molar-refractivity contribution in [2.75, 3.05) is 5.32 Å². The van der Waals surface area contributed by atoms with E-state index in [2.05, 4.69) is 16.2 Å². The molecule has 3 N–H and O–H groups in total. The fraction of sp³-hybridized carbons (Fsp3) is 0.222. The van der Waals surface area contributed by atoms with E-state index < -0.39 is 11.8 Å². The maximum absolute atomic E-state index is 12.4. The molecule has 4 rings (SSSR count). The van der Waals surface area contributed by atoms with Crippen molar-refractivity contribution in [1.82, 2.24) is 10.9 Å². The van der Waals surface area contributed by atoms with Crippen LogP contribution in [0.1, 0.15) is 52.8 Å². The van der Waals surface area contributed by atoms with E-state index in [-0.39, 0.29) is 11.8 Å². The summed E-state index contributed by atoms with van der Waals surface area (Å²) in [5.41, 5.74) is 8.42. The lowest BCUT2D eigenvalue weighted by Gasteiger charge is -2.20. The molecule has 3 amide bonds. The van der Waals surface area contributed by atoms with Crippen LogP contribution in [0.25, 0.3) is 11.1 Å². The molecule has 0 saturated heterocycles. The van der Waals surface area contributed by atoms with E-state index in [9.17, 15) is 14.4 Å². The van der Waals surface area contributed by atoms with Crippen LogP contribution in [0, 0.1) is 5.92 Å². The minimum atomic E-state index is -0.436. The second kappa shape index (κ2) is 10.6. The van der Waals surface area contributed by atoms with Crippen molar-refractivity contribution in [2.24, 2.45) is 5.92 Å². The van der Waals surface area contributed by atoms with E-state index in [0.717, 1.165) is 36.8 Å². The Balaban J connectivity index is 1.28. The summed E-state index contributed by atoms with van der Waals surface area (Å²) in [7, 11) is 0. The van der Waals surface area contributed by atoms with Crippen LogP contribution < -0.4 is 16.2 Å². The summed E-state index contributed by atoms with van der Waals surface area (Å²) < 4.78 is 0. The SMILES string of the molecule is O=C(NNC(=O)c1ccc(-c2ccccc2)cc1)c1ccc(NC(=O)C2CCCCC2)cc1. The molecular weight excluding hydrogens is 414 g/mol. The lowest BCUT2D eigenvalue weighted by molar-refractivity contribution is -0.120. The first-order chi connectivity index (χ1) is 16.1. The molecule has 0 bridgehead atoms. The Morgan fingerprint density at radius 1 is 0.606 bits per heavy atom. The Labute approximate surface area is 193 Å². The largest absolute Gasteiger partial charge is 0.326 e. The van der Waals surface area contributed by atoms with Gasteiger partial charge >= 0.3 is 0 Å². The van der Waals surface area contributed by atoms with Crippen LogP contribution in [-0.4, -0.2) is 17.7 Å². The average Bonchev–Trinajstić information content (AvgIpc) is 2.88. The first-order valence-corrected chi connectivity index (χ1v) is 11.3. The van der Waals surface area contributed by atoms with Gasteiger partial charge in [-0.2, -0.15) is 0 Å². The number of hydrogen-bond donors (Lipinski definition) is 3. The molecule has 3 aromatic rings. The number of carbonyl (C=O) groups excluding carboxylic acids is 3. The maximum Gasteiger partial charge on any atom is 0.269 e. The zero-order valence-electron chi connectivity index (χ0n) is 18.3. The number of amides is 3. The zero-order chi connectivity index (χ0) is 23.0. The Kier molecular flexibility index (Phi) is 7.15. The van der Waals surface area contributed by atoms with Gasteiger partial charge in [0.25, 0.3) is 11.8 Å². The molecule has 33 heavy (non-hydrogen) atoms. The summed E-state index contributed by atoms with van der Waals surface area (Å²) in [5.74, 6) is -0.732. The van der Waals surface area contributed by atoms with Crippen LogP contribution >= 0.6 is 0 Å². The van der Waals surface area contributed by atoms with Gasteiger partial charge in [0.15, 0.2) is 0 Å². The minimum Gasteiger partial charge on any atom is -0.326 e. The van der Waals surface area contributed by atoms with Crippen LogP contribution in [0.3, 0.4) is 0 Å². The van der Waals surface area contributed by atoms with Gasteiger partial charge in [0.1, 0.15) is 0 Å². The highest BCUT2D eigenvalue weighted by Crippen LogP contribution is 2.25. The Morgan fingerprint density at radius 2 is 1.12 bits per heavy atom. The Morgan fingerprint density at radius 3 is 1.70 bits per heavy atom. The van der Waals surface area contributed by atoms with Crippen molar-refractivity contribution in [1.29, 1.82) is 0 Å². The van der Waals surface area contributed by atoms with E-state index in [0.29, 0.717) is 16.8 Å². The summed E-state index contributed by atoms with van der Waals surface area (Å²) in [4.78, 5) is 37.1. The minimum absolute atomic E-state index is 0.0393. The molecule has 0 spiro atoms. The van der Waals surface area contributed by atoms with Gasteiger partial charge in [0.05, 0.1) is 0 Å². The molecule has 168 valence electrons. The van der Waals surface area contributed by atoms with E-state index in [1.807, 2.05) is 42.5 Å². The summed E-state index contributed by atoms with van der Waals surface area (Å²) in [6, 6.07) is 23.7. The number of benzene rings is 3. The summed E-state index contributed by atoms with van der Waals surface area (Å²) >= 11 is 0. The molecule has 0 heterocycles. The highest BCUT2D eigenvalue weighted by atomic mass is 16.2. The predicted octanol–water partition coefficient (Wildman–Crippen LogP) is 4.95. The Hall–Kier alpha value is -3.93. The molecule has 0 radical (unpaired) electrons. The summed E-state index contributed by atoms with van der Waals surface area (Å²) in [6.07, 6.45) is 5.26. The smallest absolute Gasteiger partial charge is 0.269 e. The average molecular weight is 442 g/mol. The molecule has 1 saturated carbocycles. The molecule has 0 atom stereocenters. The van der Waals surface area contributed by atoms with Gasteiger partial charge < -0.3 is 5.32 Å². The highest BCUT2D eigenvalue weighted by molar-refractivity contribution is 6.00. The molecule has 1 aliphatic carbocycles. The second-order valence-corrected chi connectivity index (χ2v) is 8.25. The topological polar surface area (TPSA) is 87.3 Å². The van der Waals surface area contributed by atoms with E-state index in [1.54, 1.807) is 36.4 Å². The molecule has 0 aliphatic heterocycles.